The van der Waals surface area contributed by atoms with Gasteiger partial charge in [-0.25, -0.2) is 9.97 Å². The molecule has 0 saturated carbocycles. The van der Waals surface area contributed by atoms with E-state index >= 15 is 0 Å². The van der Waals surface area contributed by atoms with Crippen LogP contribution in [-0.2, 0) is 6.42 Å². The fourth-order valence-electron chi connectivity index (χ4n) is 1.77. The van der Waals surface area contributed by atoms with Crippen LogP contribution in [0.3, 0.4) is 0 Å². The van der Waals surface area contributed by atoms with Gasteiger partial charge in [0.05, 0.1) is 5.01 Å². The Balaban J connectivity index is 1.70. The Kier molecular flexibility index (Phi) is 2.75. The van der Waals surface area contributed by atoms with Gasteiger partial charge in [-0.3, -0.25) is 4.40 Å². The number of aromatic nitrogens is 3. The standard InChI is InChI=1S/C12H12N4S/c1-2-10(16-8-6-14-11(16)3-1)13-5-4-12-15-7-9-17-12/h1-3,6-9,13H,4-5H2. The average Bonchev–Trinajstić information content (AvgIpc) is 2.99. The number of imidazole rings is 1. The van der Waals surface area contributed by atoms with Gasteiger partial charge in [-0.15, -0.1) is 11.3 Å². The van der Waals surface area contributed by atoms with Crippen LogP contribution in [0.2, 0.25) is 0 Å². The zero-order valence-corrected chi connectivity index (χ0v) is 10.0. The van der Waals surface area contributed by atoms with Crippen molar-refractivity contribution in [3.05, 3.63) is 47.2 Å². The van der Waals surface area contributed by atoms with E-state index in [0.29, 0.717) is 0 Å². The molecule has 0 aliphatic heterocycles. The van der Waals surface area contributed by atoms with Crippen molar-refractivity contribution in [3.8, 4) is 0 Å². The molecule has 0 aliphatic carbocycles. The molecule has 86 valence electrons. The number of nitrogens with one attached hydrogen (secondary N) is 1. The maximum atomic E-state index is 4.26. The van der Waals surface area contributed by atoms with Gasteiger partial charge in [0.2, 0.25) is 0 Å². The molecule has 0 radical (unpaired) electrons. The van der Waals surface area contributed by atoms with Crippen molar-refractivity contribution in [2.45, 2.75) is 6.42 Å². The van der Waals surface area contributed by atoms with Gasteiger partial charge in [-0.05, 0) is 12.1 Å². The zero-order valence-electron chi connectivity index (χ0n) is 9.21. The number of pyridine rings is 1. The summed E-state index contributed by atoms with van der Waals surface area (Å²) in [5.74, 6) is 1.07. The van der Waals surface area contributed by atoms with E-state index < -0.39 is 0 Å². The van der Waals surface area contributed by atoms with Crippen LogP contribution in [0.25, 0.3) is 5.65 Å². The van der Waals surface area contributed by atoms with Crippen LogP contribution < -0.4 is 5.32 Å². The normalized spacial score (nSPS) is 10.8. The SMILES string of the molecule is c1cc(NCCc2nccs2)n2ccnc2c1. The van der Waals surface area contributed by atoms with Gasteiger partial charge < -0.3 is 5.32 Å². The molecular formula is C12H12N4S. The fourth-order valence-corrected chi connectivity index (χ4v) is 2.39. The van der Waals surface area contributed by atoms with Crippen molar-refractivity contribution in [2.75, 3.05) is 11.9 Å². The monoisotopic (exact) mass is 244 g/mol. The van der Waals surface area contributed by atoms with Gasteiger partial charge in [-0.2, -0.15) is 0 Å². The van der Waals surface area contributed by atoms with Crippen LogP contribution >= 0.6 is 11.3 Å². The minimum absolute atomic E-state index is 0.880. The van der Waals surface area contributed by atoms with E-state index in [2.05, 4.69) is 21.4 Å². The third kappa shape index (κ3) is 2.14. The van der Waals surface area contributed by atoms with Gasteiger partial charge in [0.25, 0.3) is 0 Å². The van der Waals surface area contributed by atoms with Gasteiger partial charge >= 0.3 is 0 Å². The second-order valence-corrected chi connectivity index (χ2v) is 4.65. The number of anilines is 1. The maximum Gasteiger partial charge on any atom is 0.138 e. The summed E-state index contributed by atoms with van der Waals surface area (Å²) in [7, 11) is 0. The van der Waals surface area contributed by atoms with E-state index in [4.69, 9.17) is 0 Å². The van der Waals surface area contributed by atoms with Crippen LogP contribution in [0.5, 0.6) is 0 Å². The van der Waals surface area contributed by atoms with Crippen molar-refractivity contribution in [2.24, 2.45) is 0 Å². The second kappa shape index (κ2) is 4.55. The van der Waals surface area contributed by atoms with Crippen LogP contribution in [-0.4, -0.2) is 20.9 Å². The summed E-state index contributed by atoms with van der Waals surface area (Å²) in [5, 5.41) is 6.57. The summed E-state index contributed by atoms with van der Waals surface area (Å²) >= 11 is 1.69. The summed E-state index contributed by atoms with van der Waals surface area (Å²) < 4.78 is 2.04. The highest BCUT2D eigenvalue weighted by molar-refractivity contribution is 7.09. The Labute approximate surface area is 103 Å². The lowest BCUT2D eigenvalue weighted by Gasteiger charge is -2.07. The van der Waals surface area contributed by atoms with Crippen molar-refractivity contribution in [1.29, 1.82) is 0 Å². The smallest absolute Gasteiger partial charge is 0.138 e. The van der Waals surface area contributed by atoms with Crippen LogP contribution in [0, 0.1) is 0 Å². The molecule has 3 heterocycles. The fraction of sp³-hybridized carbons (Fsp3) is 0.167. The first-order chi connectivity index (χ1) is 8.43. The van der Waals surface area contributed by atoms with Gasteiger partial charge in [0.1, 0.15) is 11.5 Å². The first-order valence-corrected chi connectivity index (χ1v) is 6.36. The van der Waals surface area contributed by atoms with E-state index in [-0.39, 0.29) is 0 Å². The van der Waals surface area contributed by atoms with E-state index in [1.807, 2.05) is 34.3 Å². The lowest BCUT2D eigenvalue weighted by atomic mass is 10.4. The molecule has 17 heavy (non-hydrogen) atoms. The molecule has 0 amide bonds. The summed E-state index contributed by atoms with van der Waals surface area (Å²) in [6, 6.07) is 6.05. The third-order valence-corrected chi connectivity index (χ3v) is 3.40. The molecule has 1 N–H and O–H groups in total. The number of rotatable bonds is 4. The van der Waals surface area contributed by atoms with Gasteiger partial charge in [0, 0.05) is 36.9 Å². The van der Waals surface area contributed by atoms with E-state index in [9.17, 15) is 0 Å². The first kappa shape index (κ1) is 10.3. The molecule has 5 heteroatoms. The van der Waals surface area contributed by atoms with Crippen LogP contribution in [0.15, 0.2) is 42.2 Å². The van der Waals surface area contributed by atoms with Crippen molar-refractivity contribution in [3.63, 3.8) is 0 Å². The first-order valence-electron chi connectivity index (χ1n) is 5.48. The lowest BCUT2D eigenvalue weighted by molar-refractivity contribution is 0.978. The van der Waals surface area contributed by atoms with E-state index in [0.717, 1.165) is 29.4 Å². The molecule has 0 unspecified atom stereocenters. The Hall–Kier alpha value is -1.88. The predicted molar refractivity (Wildman–Crippen MR) is 69.5 cm³/mol. The molecule has 3 aromatic heterocycles. The van der Waals surface area contributed by atoms with Crippen molar-refractivity contribution in [1.82, 2.24) is 14.4 Å². The molecule has 0 saturated heterocycles. The summed E-state index contributed by atoms with van der Waals surface area (Å²) in [6.07, 6.45) is 6.56. The Morgan fingerprint density at radius 1 is 1.24 bits per heavy atom. The second-order valence-electron chi connectivity index (χ2n) is 3.67. The molecule has 0 spiro atoms. The minimum Gasteiger partial charge on any atom is -0.371 e. The van der Waals surface area contributed by atoms with E-state index in [1.165, 1.54) is 0 Å². The average molecular weight is 244 g/mol. The van der Waals surface area contributed by atoms with Crippen molar-refractivity contribution < 1.29 is 0 Å². The molecule has 0 fully saturated rings. The lowest BCUT2D eigenvalue weighted by Crippen LogP contribution is -2.07. The van der Waals surface area contributed by atoms with E-state index in [1.54, 1.807) is 17.5 Å². The number of nitrogens with zero attached hydrogens (tertiary/aromatic N) is 3. The van der Waals surface area contributed by atoms with Gasteiger partial charge in [0.15, 0.2) is 0 Å². The number of hydrogen-bond donors (Lipinski definition) is 1. The Morgan fingerprint density at radius 3 is 3.12 bits per heavy atom. The molecule has 3 rings (SSSR count). The molecular weight excluding hydrogens is 232 g/mol. The maximum absolute atomic E-state index is 4.26. The zero-order chi connectivity index (χ0) is 11.5. The molecule has 0 bridgehead atoms. The molecule has 0 aromatic carbocycles. The van der Waals surface area contributed by atoms with Crippen molar-refractivity contribution >= 4 is 22.8 Å². The minimum atomic E-state index is 0.880. The summed E-state index contributed by atoms with van der Waals surface area (Å²) in [4.78, 5) is 8.51. The molecule has 0 aliphatic rings. The van der Waals surface area contributed by atoms with Gasteiger partial charge in [-0.1, -0.05) is 6.07 Å². The number of thiazole rings is 1. The molecule has 0 atom stereocenters. The summed E-state index contributed by atoms with van der Waals surface area (Å²) in [6.45, 7) is 0.880. The number of fused-ring (bicyclic) bond motifs is 1. The quantitative estimate of drug-likeness (QED) is 0.766. The highest BCUT2D eigenvalue weighted by Gasteiger charge is 2.00. The Bertz CT molecular complexity index is 600. The largest absolute Gasteiger partial charge is 0.371 e. The summed E-state index contributed by atoms with van der Waals surface area (Å²) in [5.41, 5.74) is 0.962. The van der Waals surface area contributed by atoms with Crippen LogP contribution in [0.1, 0.15) is 5.01 Å². The third-order valence-electron chi connectivity index (χ3n) is 2.56. The predicted octanol–water partition coefficient (Wildman–Crippen LogP) is 2.45. The Morgan fingerprint density at radius 2 is 2.24 bits per heavy atom. The molecule has 3 aromatic rings. The molecule has 4 nitrogen and oxygen atoms in total. The number of hydrogen-bond acceptors (Lipinski definition) is 4. The highest BCUT2D eigenvalue weighted by Crippen LogP contribution is 2.11. The highest BCUT2D eigenvalue weighted by atomic mass is 32.1. The topological polar surface area (TPSA) is 42.2 Å². The van der Waals surface area contributed by atoms with Crippen LogP contribution in [0.4, 0.5) is 5.82 Å².